The van der Waals surface area contributed by atoms with Crippen molar-refractivity contribution in [1.29, 1.82) is 0 Å². The minimum atomic E-state index is -0.546. The van der Waals surface area contributed by atoms with E-state index in [2.05, 4.69) is 22.3 Å². The number of hydrogen-bond donors (Lipinski definition) is 2. The van der Waals surface area contributed by atoms with Gasteiger partial charge in [-0.1, -0.05) is 19.3 Å². The van der Waals surface area contributed by atoms with E-state index < -0.39 is 5.60 Å². The van der Waals surface area contributed by atoms with Gasteiger partial charge in [0.1, 0.15) is 0 Å². The van der Waals surface area contributed by atoms with Crippen LogP contribution in [-0.4, -0.2) is 62.0 Å². The van der Waals surface area contributed by atoms with Gasteiger partial charge in [-0.2, -0.15) is 0 Å². The zero-order valence-electron chi connectivity index (χ0n) is 14.3. The molecule has 5 nitrogen and oxygen atoms in total. The first-order valence-electron chi connectivity index (χ1n) is 8.85. The normalized spacial score (nSPS) is 23.3. The van der Waals surface area contributed by atoms with Crippen molar-refractivity contribution in [2.75, 3.05) is 40.4 Å². The minimum absolute atomic E-state index is 0.546. The molecule has 0 spiro atoms. The highest BCUT2D eigenvalue weighted by Gasteiger charge is 2.29. The van der Waals surface area contributed by atoms with Crippen molar-refractivity contribution in [1.82, 2.24) is 10.2 Å². The molecule has 128 valence electrons. The van der Waals surface area contributed by atoms with Crippen LogP contribution in [0.15, 0.2) is 4.99 Å². The van der Waals surface area contributed by atoms with E-state index in [9.17, 15) is 5.11 Å². The quantitative estimate of drug-likeness (QED) is 0.602. The molecule has 0 aromatic rings. The molecule has 0 aromatic carbocycles. The van der Waals surface area contributed by atoms with Crippen LogP contribution in [0.4, 0.5) is 0 Å². The molecule has 1 saturated carbocycles. The van der Waals surface area contributed by atoms with Gasteiger partial charge < -0.3 is 20.1 Å². The predicted octanol–water partition coefficient (Wildman–Crippen LogP) is 2.01. The summed E-state index contributed by atoms with van der Waals surface area (Å²) in [6, 6.07) is 0. The summed E-state index contributed by atoms with van der Waals surface area (Å²) < 4.78 is 5.41. The summed E-state index contributed by atoms with van der Waals surface area (Å²) in [6.45, 7) is 3.44. The molecule has 1 aliphatic heterocycles. The van der Waals surface area contributed by atoms with Crippen LogP contribution < -0.4 is 5.32 Å². The van der Waals surface area contributed by atoms with Gasteiger partial charge in [-0.15, -0.1) is 0 Å². The molecule has 1 aliphatic carbocycles. The van der Waals surface area contributed by atoms with Crippen LogP contribution >= 0.6 is 0 Å². The number of guanidine groups is 1. The van der Waals surface area contributed by atoms with E-state index in [0.29, 0.717) is 6.54 Å². The van der Waals surface area contributed by atoms with Gasteiger partial charge in [0.25, 0.3) is 0 Å². The molecule has 0 atom stereocenters. The Balaban J connectivity index is 1.72. The number of nitrogens with one attached hydrogen (secondary N) is 1. The largest absolute Gasteiger partial charge is 0.388 e. The lowest BCUT2D eigenvalue weighted by Crippen LogP contribution is -2.48. The molecule has 2 rings (SSSR count). The first kappa shape index (κ1) is 17.5. The summed E-state index contributed by atoms with van der Waals surface area (Å²) in [5, 5.41) is 13.9. The number of aliphatic hydroxyl groups is 1. The molecule has 2 fully saturated rings. The number of nitrogens with zero attached hydrogens (tertiary/aromatic N) is 2. The molecule has 0 bridgehead atoms. The lowest BCUT2D eigenvalue weighted by atomic mass is 9.85. The standard InChI is InChI=1S/C17H33N3O2/c1-18-16(19-14-17(21)9-4-3-5-10-17)20(2)11-6-15-7-12-22-13-8-15/h15,21H,3-14H2,1-2H3,(H,18,19). The van der Waals surface area contributed by atoms with E-state index >= 15 is 0 Å². The highest BCUT2D eigenvalue weighted by Crippen LogP contribution is 2.27. The number of aliphatic imine (C=N–C) groups is 1. The third kappa shape index (κ3) is 5.43. The molecule has 2 N–H and O–H groups in total. The highest BCUT2D eigenvalue weighted by molar-refractivity contribution is 5.79. The first-order valence-corrected chi connectivity index (χ1v) is 8.85. The lowest BCUT2D eigenvalue weighted by molar-refractivity contribution is 0.00815. The summed E-state index contributed by atoms with van der Waals surface area (Å²) in [4.78, 5) is 6.55. The van der Waals surface area contributed by atoms with E-state index in [1.54, 1.807) is 0 Å². The molecular formula is C17H33N3O2. The van der Waals surface area contributed by atoms with E-state index in [1.807, 2.05) is 7.05 Å². The maximum absolute atomic E-state index is 10.6. The van der Waals surface area contributed by atoms with Gasteiger partial charge in [-0.05, 0) is 38.0 Å². The fourth-order valence-corrected chi connectivity index (χ4v) is 3.53. The predicted molar refractivity (Wildman–Crippen MR) is 90.2 cm³/mol. The molecule has 1 heterocycles. The van der Waals surface area contributed by atoms with Crippen molar-refractivity contribution < 1.29 is 9.84 Å². The van der Waals surface area contributed by atoms with E-state index in [4.69, 9.17) is 4.74 Å². The molecular weight excluding hydrogens is 278 g/mol. The number of rotatable bonds is 5. The molecule has 0 aromatic heterocycles. The highest BCUT2D eigenvalue weighted by atomic mass is 16.5. The SMILES string of the molecule is CN=C(NCC1(O)CCCCC1)N(C)CCC1CCOCC1. The topological polar surface area (TPSA) is 57.1 Å². The molecule has 0 radical (unpaired) electrons. The lowest BCUT2D eigenvalue weighted by Gasteiger charge is -2.34. The van der Waals surface area contributed by atoms with E-state index in [0.717, 1.165) is 57.3 Å². The maximum Gasteiger partial charge on any atom is 0.193 e. The Bertz CT molecular complexity index is 348. The van der Waals surface area contributed by atoms with Crippen LogP contribution in [-0.2, 0) is 4.74 Å². The van der Waals surface area contributed by atoms with Crippen LogP contribution in [0.3, 0.4) is 0 Å². The summed E-state index contributed by atoms with van der Waals surface area (Å²) >= 11 is 0. The Morgan fingerprint density at radius 3 is 2.59 bits per heavy atom. The van der Waals surface area contributed by atoms with Crippen molar-refractivity contribution >= 4 is 5.96 Å². The van der Waals surface area contributed by atoms with Crippen LogP contribution in [0, 0.1) is 5.92 Å². The summed E-state index contributed by atoms with van der Waals surface area (Å²) in [7, 11) is 3.90. The number of ether oxygens (including phenoxy) is 1. The molecule has 5 heteroatoms. The fourth-order valence-electron chi connectivity index (χ4n) is 3.53. The average Bonchev–Trinajstić information content (AvgIpc) is 2.55. The average molecular weight is 311 g/mol. The van der Waals surface area contributed by atoms with Gasteiger partial charge in [0, 0.05) is 40.4 Å². The Morgan fingerprint density at radius 1 is 1.27 bits per heavy atom. The minimum Gasteiger partial charge on any atom is -0.388 e. The van der Waals surface area contributed by atoms with E-state index in [1.165, 1.54) is 25.7 Å². The monoisotopic (exact) mass is 311 g/mol. The van der Waals surface area contributed by atoms with Crippen molar-refractivity contribution in [2.45, 2.75) is 57.0 Å². The summed E-state index contributed by atoms with van der Waals surface area (Å²) in [6.07, 6.45) is 8.88. The Morgan fingerprint density at radius 2 is 1.95 bits per heavy atom. The number of hydrogen-bond acceptors (Lipinski definition) is 3. The molecule has 0 unspecified atom stereocenters. The Labute approximate surface area is 135 Å². The van der Waals surface area contributed by atoms with Crippen LogP contribution in [0.1, 0.15) is 51.4 Å². The second kappa shape index (κ2) is 8.73. The molecule has 0 amide bonds. The van der Waals surface area contributed by atoms with Crippen LogP contribution in [0.5, 0.6) is 0 Å². The van der Waals surface area contributed by atoms with E-state index in [-0.39, 0.29) is 0 Å². The summed E-state index contributed by atoms with van der Waals surface area (Å²) in [5.41, 5.74) is -0.546. The smallest absolute Gasteiger partial charge is 0.193 e. The van der Waals surface area contributed by atoms with Crippen LogP contribution in [0.25, 0.3) is 0 Å². The van der Waals surface area contributed by atoms with Crippen molar-refractivity contribution in [2.24, 2.45) is 10.9 Å². The van der Waals surface area contributed by atoms with Crippen molar-refractivity contribution in [3.05, 3.63) is 0 Å². The maximum atomic E-state index is 10.6. The van der Waals surface area contributed by atoms with Gasteiger partial charge in [0.05, 0.1) is 5.60 Å². The second-order valence-electron chi connectivity index (χ2n) is 6.95. The van der Waals surface area contributed by atoms with Gasteiger partial charge in [-0.25, -0.2) is 0 Å². The molecule has 1 saturated heterocycles. The fraction of sp³-hybridized carbons (Fsp3) is 0.941. The van der Waals surface area contributed by atoms with Gasteiger partial charge in [0.2, 0.25) is 0 Å². The van der Waals surface area contributed by atoms with Gasteiger partial charge >= 0.3 is 0 Å². The summed E-state index contributed by atoms with van der Waals surface area (Å²) in [5.74, 6) is 1.67. The van der Waals surface area contributed by atoms with Crippen molar-refractivity contribution in [3.63, 3.8) is 0 Å². The zero-order chi connectivity index (χ0) is 15.8. The second-order valence-corrected chi connectivity index (χ2v) is 6.95. The zero-order valence-corrected chi connectivity index (χ0v) is 14.3. The molecule has 2 aliphatic rings. The van der Waals surface area contributed by atoms with Crippen LogP contribution in [0.2, 0.25) is 0 Å². The third-order valence-corrected chi connectivity index (χ3v) is 5.15. The van der Waals surface area contributed by atoms with Gasteiger partial charge in [-0.3, -0.25) is 4.99 Å². The molecule has 22 heavy (non-hydrogen) atoms. The Hall–Kier alpha value is -0.810. The Kier molecular flexibility index (Phi) is 6.96. The third-order valence-electron chi connectivity index (χ3n) is 5.15. The van der Waals surface area contributed by atoms with Crippen molar-refractivity contribution in [3.8, 4) is 0 Å². The van der Waals surface area contributed by atoms with Gasteiger partial charge in [0.15, 0.2) is 5.96 Å². The first-order chi connectivity index (χ1) is 10.6.